The van der Waals surface area contributed by atoms with Gasteiger partial charge < -0.3 is 9.52 Å². The fraction of sp³-hybridized carbons (Fsp3) is 0. The van der Waals surface area contributed by atoms with Gasteiger partial charge in [0, 0.05) is 5.56 Å². The first-order valence-electron chi connectivity index (χ1n) is 8.79. The number of nitrogens with zero attached hydrogens (tertiary/aromatic N) is 1. The van der Waals surface area contributed by atoms with Crippen LogP contribution < -0.4 is 0 Å². The van der Waals surface area contributed by atoms with E-state index in [9.17, 15) is 15.2 Å². The smallest absolute Gasteiger partial charge is 0.337 e. The van der Waals surface area contributed by atoms with Gasteiger partial charge in [0.1, 0.15) is 11.5 Å². The van der Waals surface area contributed by atoms with Gasteiger partial charge in [0.25, 0.3) is 0 Å². The van der Waals surface area contributed by atoms with Gasteiger partial charge in [-0.2, -0.15) is 5.26 Å². The van der Waals surface area contributed by atoms with Crippen LogP contribution in [0.25, 0.3) is 33.7 Å². The van der Waals surface area contributed by atoms with E-state index in [4.69, 9.17) is 16.0 Å². The number of carbonyl (C=O) groups is 1. The number of halogens is 1. The van der Waals surface area contributed by atoms with Crippen molar-refractivity contribution < 1.29 is 14.3 Å². The lowest BCUT2D eigenvalue weighted by molar-refractivity contribution is 0.0697. The van der Waals surface area contributed by atoms with E-state index in [0.29, 0.717) is 22.7 Å². The van der Waals surface area contributed by atoms with Crippen LogP contribution in [-0.4, -0.2) is 11.1 Å². The maximum atomic E-state index is 11.3. The number of carboxylic acids is 1. The second kappa shape index (κ2) is 7.67. The molecule has 0 aliphatic carbocycles. The molecule has 0 saturated carbocycles. The van der Waals surface area contributed by atoms with Crippen LogP contribution in [0.2, 0.25) is 5.02 Å². The van der Waals surface area contributed by atoms with Crippen LogP contribution in [-0.2, 0) is 0 Å². The third-order valence-electron chi connectivity index (χ3n) is 4.58. The third kappa shape index (κ3) is 3.77. The SMILES string of the molecule is N#C/C(=C\c1ccc(-c2ccc(Cl)c(C(=O)O)c2)o1)c1ccc2ccccc2c1. The van der Waals surface area contributed by atoms with Crippen LogP contribution in [0.4, 0.5) is 0 Å². The Bertz CT molecular complexity index is 1310. The van der Waals surface area contributed by atoms with Crippen LogP contribution in [0.15, 0.2) is 77.2 Å². The predicted octanol–water partition coefficient (Wildman–Crippen LogP) is 6.52. The summed E-state index contributed by atoms with van der Waals surface area (Å²) in [5.74, 6) is -0.116. The zero-order valence-corrected chi connectivity index (χ0v) is 15.9. The second-order valence-corrected chi connectivity index (χ2v) is 6.84. The fourth-order valence-corrected chi connectivity index (χ4v) is 3.31. The highest BCUT2D eigenvalue weighted by Gasteiger charge is 2.12. The quantitative estimate of drug-likeness (QED) is 0.396. The summed E-state index contributed by atoms with van der Waals surface area (Å²) in [6.45, 7) is 0. The highest BCUT2D eigenvalue weighted by molar-refractivity contribution is 6.33. The largest absolute Gasteiger partial charge is 0.478 e. The minimum atomic E-state index is -1.11. The van der Waals surface area contributed by atoms with Gasteiger partial charge in [-0.25, -0.2) is 4.79 Å². The number of aromatic carboxylic acids is 1. The van der Waals surface area contributed by atoms with Gasteiger partial charge in [-0.3, -0.25) is 0 Å². The zero-order chi connectivity index (χ0) is 20.4. The molecule has 1 aromatic heterocycles. The van der Waals surface area contributed by atoms with E-state index in [2.05, 4.69) is 6.07 Å². The first-order valence-corrected chi connectivity index (χ1v) is 9.17. The summed E-state index contributed by atoms with van der Waals surface area (Å²) in [5.41, 5.74) is 1.87. The van der Waals surface area contributed by atoms with E-state index in [1.807, 2.05) is 42.5 Å². The van der Waals surface area contributed by atoms with Crippen molar-refractivity contribution in [3.63, 3.8) is 0 Å². The molecule has 0 radical (unpaired) electrons. The second-order valence-electron chi connectivity index (χ2n) is 6.43. The van der Waals surface area contributed by atoms with Crippen molar-refractivity contribution in [2.45, 2.75) is 0 Å². The monoisotopic (exact) mass is 399 g/mol. The van der Waals surface area contributed by atoms with E-state index in [1.165, 1.54) is 12.1 Å². The van der Waals surface area contributed by atoms with Crippen LogP contribution >= 0.6 is 11.6 Å². The van der Waals surface area contributed by atoms with Crippen molar-refractivity contribution in [1.29, 1.82) is 5.26 Å². The predicted molar refractivity (Wildman–Crippen MR) is 114 cm³/mol. The Labute approximate surface area is 171 Å². The minimum Gasteiger partial charge on any atom is -0.478 e. The van der Waals surface area contributed by atoms with Gasteiger partial charge in [-0.05, 0) is 58.8 Å². The molecule has 1 N–H and O–H groups in total. The third-order valence-corrected chi connectivity index (χ3v) is 4.91. The summed E-state index contributed by atoms with van der Waals surface area (Å²) in [6.07, 6.45) is 1.67. The van der Waals surface area contributed by atoms with E-state index in [1.54, 1.807) is 24.3 Å². The Hall–Kier alpha value is -3.81. The first-order chi connectivity index (χ1) is 14.0. The summed E-state index contributed by atoms with van der Waals surface area (Å²) < 4.78 is 5.82. The molecule has 3 aromatic carbocycles. The van der Waals surface area contributed by atoms with Crippen molar-refractivity contribution in [1.82, 2.24) is 0 Å². The number of benzene rings is 3. The molecule has 0 saturated heterocycles. The molecule has 29 heavy (non-hydrogen) atoms. The molecule has 0 aliphatic heterocycles. The average Bonchev–Trinajstić information content (AvgIpc) is 3.20. The van der Waals surface area contributed by atoms with Gasteiger partial charge in [0.05, 0.1) is 22.2 Å². The van der Waals surface area contributed by atoms with E-state index in [0.717, 1.165) is 16.3 Å². The van der Waals surface area contributed by atoms with Crippen molar-refractivity contribution in [2.75, 3.05) is 0 Å². The first kappa shape index (κ1) is 18.5. The van der Waals surface area contributed by atoms with Crippen LogP contribution in [0.3, 0.4) is 0 Å². The van der Waals surface area contributed by atoms with Crippen molar-refractivity contribution in [3.05, 3.63) is 94.7 Å². The lowest BCUT2D eigenvalue weighted by Gasteiger charge is -2.03. The molecule has 5 heteroatoms. The van der Waals surface area contributed by atoms with E-state index >= 15 is 0 Å². The maximum Gasteiger partial charge on any atom is 0.337 e. The number of hydrogen-bond acceptors (Lipinski definition) is 3. The number of carboxylic acid groups (broad SMARTS) is 1. The van der Waals surface area contributed by atoms with Gasteiger partial charge in [-0.1, -0.05) is 48.0 Å². The molecule has 4 aromatic rings. The summed E-state index contributed by atoms with van der Waals surface area (Å²) in [4.78, 5) is 11.3. The number of fused-ring (bicyclic) bond motifs is 1. The Morgan fingerprint density at radius 3 is 2.55 bits per heavy atom. The van der Waals surface area contributed by atoms with Gasteiger partial charge in [-0.15, -0.1) is 0 Å². The van der Waals surface area contributed by atoms with Crippen molar-refractivity contribution >= 4 is 40.0 Å². The number of rotatable bonds is 4. The lowest BCUT2D eigenvalue weighted by atomic mass is 10.0. The Morgan fingerprint density at radius 2 is 1.79 bits per heavy atom. The minimum absolute atomic E-state index is 0.00605. The Balaban J connectivity index is 1.69. The molecule has 0 spiro atoms. The molecule has 1 heterocycles. The normalized spacial score (nSPS) is 11.4. The fourth-order valence-electron chi connectivity index (χ4n) is 3.11. The number of nitriles is 1. The van der Waals surface area contributed by atoms with Crippen molar-refractivity contribution in [2.24, 2.45) is 0 Å². The molecule has 4 rings (SSSR count). The molecular weight excluding hydrogens is 386 g/mol. The molecule has 0 amide bonds. The molecular formula is C24H14ClNO3. The molecule has 0 aliphatic rings. The lowest BCUT2D eigenvalue weighted by Crippen LogP contribution is -1.97. The molecule has 0 fully saturated rings. The van der Waals surface area contributed by atoms with E-state index in [-0.39, 0.29) is 10.6 Å². The van der Waals surface area contributed by atoms with E-state index < -0.39 is 5.97 Å². The highest BCUT2D eigenvalue weighted by atomic mass is 35.5. The number of furan rings is 1. The van der Waals surface area contributed by atoms with Crippen LogP contribution in [0.5, 0.6) is 0 Å². The zero-order valence-electron chi connectivity index (χ0n) is 15.1. The summed E-state index contributed by atoms with van der Waals surface area (Å²) in [5, 5.41) is 21.2. The highest BCUT2D eigenvalue weighted by Crippen LogP contribution is 2.29. The molecule has 140 valence electrons. The molecule has 4 nitrogen and oxygen atoms in total. The Kier molecular flexibility index (Phi) is 4.90. The number of allylic oxidation sites excluding steroid dienone is 1. The summed E-state index contributed by atoms with van der Waals surface area (Å²) in [6, 6.07) is 24.2. The van der Waals surface area contributed by atoms with Crippen LogP contribution in [0.1, 0.15) is 21.7 Å². The standard InChI is InChI=1S/C24H14ClNO3/c25-22-9-7-18(13-21(22)24(27)28)23-10-8-20(29-23)12-19(14-26)17-6-5-15-3-1-2-4-16(15)11-17/h1-13H,(H,27,28)/b19-12+. The topological polar surface area (TPSA) is 74.2 Å². The van der Waals surface area contributed by atoms with Gasteiger partial charge in [0.15, 0.2) is 0 Å². The Morgan fingerprint density at radius 1 is 1.00 bits per heavy atom. The van der Waals surface area contributed by atoms with Gasteiger partial charge >= 0.3 is 5.97 Å². The number of hydrogen-bond donors (Lipinski definition) is 1. The average molecular weight is 400 g/mol. The molecule has 0 atom stereocenters. The van der Waals surface area contributed by atoms with Gasteiger partial charge in [0.2, 0.25) is 0 Å². The summed E-state index contributed by atoms with van der Waals surface area (Å²) >= 11 is 5.92. The van der Waals surface area contributed by atoms with Crippen LogP contribution in [0, 0.1) is 11.3 Å². The van der Waals surface area contributed by atoms with Crippen molar-refractivity contribution in [3.8, 4) is 17.4 Å². The molecule has 0 unspecified atom stereocenters. The summed E-state index contributed by atoms with van der Waals surface area (Å²) in [7, 11) is 0. The molecule has 0 bridgehead atoms. The maximum absolute atomic E-state index is 11.3.